The van der Waals surface area contributed by atoms with E-state index in [2.05, 4.69) is 22.4 Å². The molecule has 1 atom stereocenters. The summed E-state index contributed by atoms with van der Waals surface area (Å²) in [6.45, 7) is 2.24. The number of hydrogen-bond acceptors (Lipinski definition) is 5. The average molecular weight is 333 g/mol. The van der Waals surface area contributed by atoms with Crippen molar-refractivity contribution >= 4 is 44.9 Å². The normalized spacial score (nSPS) is 20.4. The first-order chi connectivity index (χ1) is 10.7. The summed E-state index contributed by atoms with van der Waals surface area (Å²) in [6.07, 6.45) is 4.46. The molecule has 4 nitrogen and oxygen atoms in total. The van der Waals surface area contributed by atoms with Gasteiger partial charge < -0.3 is 0 Å². The summed E-state index contributed by atoms with van der Waals surface area (Å²) in [4.78, 5) is 16.4. The lowest BCUT2D eigenvalue weighted by Crippen LogP contribution is -2.23. The second kappa shape index (κ2) is 7.24. The third kappa shape index (κ3) is 4.08. The maximum absolute atomic E-state index is 11.9. The first kappa shape index (κ1) is 15.5. The lowest BCUT2D eigenvalue weighted by molar-refractivity contribution is -0.118. The molecular weight excluding hydrogens is 314 g/mol. The Kier molecular flexibility index (Phi) is 5.10. The van der Waals surface area contributed by atoms with Crippen LogP contribution < -0.4 is 5.43 Å². The minimum Gasteiger partial charge on any atom is -0.272 e. The van der Waals surface area contributed by atoms with Crippen LogP contribution in [0, 0.1) is 5.92 Å². The standard InChI is InChI=1S/C16H19N3OS2/c1-11-5-4-6-12(9-11)18-19-15(20)10-21-16-17-13-7-2-3-8-14(13)22-16/h2-3,7-8,11H,4-6,9-10H2,1H3,(H,19,20). The molecule has 2 aromatic rings. The van der Waals surface area contributed by atoms with E-state index in [0.29, 0.717) is 11.7 Å². The maximum Gasteiger partial charge on any atom is 0.250 e. The van der Waals surface area contributed by atoms with E-state index in [0.717, 1.165) is 33.1 Å². The number of thioether (sulfide) groups is 1. The number of hydrazone groups is 1. The lowest BCUT2D eigenvalue weighted by atomic mass is 9.89. The molecule has 1 unspecified atom stereocenters. The van der Waals surface area contributed by atoms with Crippen LogP contribution in [0.1, 0.15) is 32.6 Å². The molecule has 1 N–H and O–H groups in total. The maximum atomic E-state index is 11.9. The summed E-state index contributed by atoms with van der Waals surface area (Å²) in [5.74, 6) is 0.975. The van der Waals surface area contributed by atoms with Crippen LogP contribution in [0.15, 0.2) is 33.7 Å². The SMILES string of the molecule is CC1CCCC(=NNC(=O)CSc2nc3ccccc3s2)C1. The van der Waals surface area contributed by atoms with Gasteiger partial charge in [0, 0.05) is 5.71 Å². The molecule has 1 saturated carbocycles. The van der Waals surface area contributed by atoms with Crippen LogP contribution >= 0.6 is 23.1 Å². The van der Waals surface area contributed by atoms with Crippen LogP contribution in [0.5, 0.6) is 0 Å². The van der Waals surface area contributed by atoms with E-state index in [4.69, 9.17) is 0 Å². The van der Waals surface area contributed by atoms with Crippen molar-refractivity contribution in [3.8, 4) is 0 Å². The highest BCUT2D eigenvalue weighted by Crippen LogP contribution is 2.29. The van der Waals surface area contributed by atoms with Crippen molar-refractivity contribution in [3.63, 3.8) is 0 Å². The third-order valence-electron chi connectivity index (χ3n) is 3.69. The number of para-hydroxylation sites is 1. The largest absolute Gasteiger partial charge is 0.272 e. The van der Waals surface area contributed by atoms with Crippen molar-refractivity contribution in [1.29, 1.82) is 0 Å². The Balaban J connectivity index is 1.50. The Morgan fingerprint density at radius 3 is 3.18 bits per heavy atom. The molecule has 1 aromatic heterocycles. The van der Waals surface area contributed by atoms with E-state index in [1.807, 2.05) is 24.3 Å². The quantitative estimate of drug-likeness (QED) is 0.678. The Morgan fingerprint density at radius 1 is 1.50 bits per heavy atom. The van der Waals surface area contributed by atoms with Gasteiger partial charge >= 0.3 is 0 Å². The fourth-order valence-electron chi connectivity index (χ4n) is 2.58. The fraction of sp³-hybridized carbons (Fsp3) is 0.438. The molecular formula is C16H19N3OS2. The van der Waals surface area contributed by atoms with Crippen LogP contribution in [0.2, 0.25) is 0 Å². The molecule has 0 bridgehead atoms. The number of aromatic nitrogens is 1. The summed E-state index contributed by atoms with van der Waals surface area (Å²) in [5.41, 5.74) is 4.80. The Morgan fingerprint density at radius 2 is 2.36 bits per heavy atom. The van der Waals surface area contributed by atoms with Crippen molar-refractivity contribution in [2.45, 2.75) is 36.9 Å². The summed E-state index contributed by atoms with van der Waals surface area (Å²) in [5, 5.41) is 4.28. The Hall–Kier alpha value is -1.40. The first-order valence-corrected chi connectivity index (χ1v) is 9.33. The second-order valence-corrected chi connectivity index (χ2v) is 7.90. The van der Waals surface area contributed by atoms with E-state index in [9.17, 15) is 4.79 Å². The number of carbonyl (C=O) groups is 1. The van der Waals surface area contributed by atoms with Gasteiger partial charge in [0.2, 0.25) is 0 Å². The zero-order valence-corrected chi connectivity index (χ0v) is 14.2. The van der Waals surface area contributed by atoms with Crippen LogP contribution in [0.3, 0.4) is 0 Å². The predicted octanol–water partition coefficient (Wildman–Crippen LogP) is 4.07. The van der Waals surface area contributed by atoms with Crippen LogP contribution in [0.4, 0.5) is 0 Å². The van der Waals surface area contributed by atoms with Gasteiger partial charge in [-0.2, -0.15) is 5.10 Å². The van der Waals surface area contributed by atoms with Crippen LogP contribution in [0.25, 0.3) is 10.2 Å². The number of benzene rings is 1. The molecule has 22 heavy (non-hydrogen) atoms. The van der Waals surface area contributed by atoms with Crippen molar-refractivity contribution in [1.82, 2.24) is 10.4 Å². The Bertz CT molecular complexity index is 663. The molecule has 3 rings (SSSR count). The molecule has 1 aromatic carbocycles. The fourth-order valence-corrected chi connectivity index (χ4v) is 4.44. The number of thiazole rings is 1. The van der Waals surface area contributed by atoms with E-state index in [1.165, 1.54) is 24.6 Å². The highest BCUT2D eigenvalue weighted by molar-refractivity contribution is 8.01. The van der Waals surface area contributed by atoms with Gasteiger partial charge in [-0.15, -0.1) is 11.3 Å². The molecule has 0 aliphatic heterocycles. The number of nitrogens with one attached hydrogen (secondary N) is 1. The van der Waals surface area contributed by atoms with Crippen LogP contribution in [-0.2, 0) is 4.79 Å². The highest BCUT2D eigenvalue weighted by atomic mass is 32.2. The van der Waals surface area contributed by atoms with Crippen LogP contribution in [-0.4, -0.2) is 22.4 Å². The molecule has 0 spiro atoms. The van der Waals surface area contributed by atoms with E-state index >= 15 is 0 Å². The summed E-state index contributed by atoms with van der Waals surface area (Å²) < 4.78 is 2.08. The Labute approximate surface area is 138 Å². The molecule has 116 valence electrons. The molecule has 0 saturated heterocycles. The topological polar surface area (TPSA) is 54.4 Å². The number of carbonyl (C=O) groups excluding carboxylic acids is 1. The summed E-state index contributed by atoms with van der Waals surface area (Å²) >= 11 is 3.09. The molecule has 1 aliphatic carbocycles. The van der Waals surface area contributed by atoms with E-state index < -0.39 is 0 Å². The molecule has 6 heteroatoms. The number of amides is 1. The summed E-state index contributed by atoms with van der Waals surface area (Å²) in [7, 11) is 0. The lowest BCUT2D eigenvalue weighted by Gasteiger charge is -2.18. The van der Waals surface area contributed by atoms with Crippen molar-refractivity contribution < 1.29 is 4.79 Å². The highest BCUT2D eigenvalue weighted by Gasteiger charge is 2.14. The van der Waals surface area contributed by atoms with Crippen molar-refractivity contribution in [2.75, 3.05) is 5.75 Å². The summed E-state index contributed by atoms with van der Waals surface area (Å²) in [6, 6.07) is 8.02. The predicted molar refractivity (Wildman–Crippen MR) is 93.6 cm³/mol. The molecule has 1 heterocycles. The van der Waals surface area contributed by atoms with Gasteiger partial charge in [-0.3, -0.25) is 4.79 Å². The second-order valence-electron chi connectivity index (χ2n) is 5.65. The van der Waals surface area contributed by atoms with E-state index in [-0.39, 0.29) is 5.91 Å². The van der Waals surface area contributed by atoms with Gasteiger partial charge in [-0.05, 0) is 43.7 Å². The number of hydrogen-bond donors (Lipinski definition) is 1. The number of rotatable bonds is 4. The minimum atomic E-state index is -0.0602. The molecule has 1 amide bonds. The monoisotopic (exact) mass is 333 g/mol. The van der Waals surface area contributed by atoms with Gasteiger partial charge in [-0.25, -0.2) is 10.4 Å². The van der Waals surface area contributed by atoms with E-state index in [1.54, 1.807) is 11.3 Å². The zero-order chi connectivity index (χ0) is 15.4. The zero-order valence-electron chi connectivity index (χ0n) is 12.5. The van der Waals surface area contributed by atoms with Crippen molar-refractivity contribution in [3.05, 3.63) is 24.3 Å². The van der Waals surface area contributed by atoms with Gasteiger partial charge in [0.05, 0.1) is 16.0 Å². The molecule has 1 fully saturated rings. The smallest absolute Gasteiger partial charge is 0.250 e. The molecule has 1 aliphatic rings. The third-order valence-corrected chi connectivity index (χ3v) is 5.87. The minimum absolute atomic E-state index is 0.0602. The van der Waals surface area contributed by atoms with Gasteiger partial charge in [0.15, 0.2) is 4.34 Å². The first-order valence-electron chi connectivity index (χ1n) is 7.53. The molecule has 0 radical (unpaired) electrons. The van der Waals surface area contributed by atoms with Gasteiger partial charge in [-0.1, -0.05) is 30.8 Å². The van der Waals surface area contributed by atoms with Gasteiger partial charge in [0.25, 0.3) is 5.91 Å². The number of nitrogens with zero attached hydrogens (tertiary/aromatic N) is 2. The van der Waals surface area contributed by atoms with Crippen molar-refractivity contribution in [2.24, 2.45) is 11.0 Å². The van der Waals surface area contributed by atoms with Gasteiger partial charge in [0.1, 0.15) is 0 Å². The average Bonchev–Trinajstić information content (AvgIpc) is 2.94. The number of fused-ring (bicyclic) bond motifs is 1.